The Morgan fingerprint density at radius 2 is 1.97 bits per heavy atom. The third-order valence-corrected chi connectivity index (χ3v) is 4.67. The summed E-state index contributed by atoms with van der Waals surface area (Å²) in [6.45, 7) is 4.63. The van der Waals surface area contributed by atoms with Crippen molar-refractivity contribution < 1.29 is 18.7 Å². The van der Waals surface area contributed by atoms with E-state index in [0.29, 0.717) is 38.9 Å². The summed E-state index contributed by atoms with van der Waals surface area (Å²) < 4.78 is 23.9. The smallest absolute Gasteiger partial charge is 0.243 e. The van der Waals surface area contributed by atoms with Gasteiger partial charge in [0.1, 0.15) is 12.4 Å². The molecule has 1 atom stereocenters. The van der Waals surface area contributed by atoms with Crippen LogP contribution in [0.25, 0.3) is 0 Å². The number of amides is 1. The number of likely N-dealkylation sites (N-methyl/N-ethyl adjacent to an activating group) is 1. The maximum absolute atomic E-state index is 13.4. The fourth-order valence-corrected chi connectivity index (χ4v) is 2.96. The maximum Gasteiger partial charge on any atom is 0.243 e. The quantitative estimate of drug-likeness (QED) is 0.351. The zero-order valence-corrected chi connectivity index (χ0v) is 17.5. The number of ether oxygens (including phenoxy) is 2. The van der Waals surface area contributed by atoms with Gasteiger partial charge in [-0.25, -0.2) is 9.38 Å². The monoisotopic (exact) mass is 409 g/mol. The van der Waals surface area contributed by atoms with Gasteiger partial charge in [0, 0.05) is 47.4 Å². The summed E-state index contributed by atoms with van der Waals surface area (Å²) in [4.78, 5) is 20.1. The number of nitrogens with zero attached hydrogens (tertiary/aromatic N) is 3. The molecule has 1 saturated heterocycles. The summed E-state index contributed by atoms with van der Waals surface area (Å²) >= 11 is 0. The van der Waals surface area contributed by atoms with Crippen LogP contribution in [0.3, 0.4) is 0 Å². The molecule has 1 aliphatic heterocycles. The average Bonchev–Trinajstić information content (AvgIpc) is 2.73. The lowest BCUT2D eigenvalue weighted by molar-refractivity contribution is -0.127. The third kappa shape index (κ3) is 7.96. The molecule has 0 aliphatic carbocycles. The highest BCUT2D eigenvalue weighted by molar-refractivity contribution is 5.84. The van der Waals surface area contributed by atoms with E-state index in [1.807, 2.05) is 12.1 Å². The first-order chi connectivity index (χ1) is 14.0. The van der Waals surface area contributed by atoms with Gasteiger partial charge in [-0.1, -0.05) is 12.1 Å². The summed E-state index contributed by atoms with van der Waals surface area (Å²) in [6, 6.07) is 6.59. The predicted octanol–water partition coefficient (Wildman–Crippen LogP) is 0.469. The molecule has 0 spiro atoms. The number of carbonyl (C=O) groups excluding carboxylic acids is 1. The van der Waals surface area contributed by atoms with E-state index in [1.165, 1.54) is 17.0 Å². The predicted molar refractivity (Wildman–Crippen MR) is 110 cm³/mol. The van der Waals surface area contributed by atoms with Gasteiger partial charge in [0.25, 0.3) is 0 Å². The maximum atomic E-state index is 13.4. The Labute approximate surface area is 172 Å². The number of carbonyl (C=O) groups is 1. The van der Waals surface area contributed by atoms with Gasteiger partial charge in [-0.3, -0.25) is 9.69 Å². The zero-order valence-electron chi connectivity index (χ0n) is 17.5. The van der Waals surface area contributed by atoms with Crippen LogP contribution < -0.4 is 10.6 Å². The number of guanidine groups is 1. The largest absolute Gasteiger partial charge is 0.383 e. The van der Waals surface area contributed by atoms with Gasteiger partial charge in [-0.15, -0.1) is 0 Å². The fourth-order valence-electron chi connectivity index (χ4n) is 2.96. The van der Waals surface area contributed by atoms with E-state index in [4.69, 9.17) is 9.47 Å². The summed E-state index contributed by atoms with van der Waals surface area (Å²) in [5, 5.41) is 6.49. The second kappa shape index (κ2) is 12.4. The molecule has 29 heavy (non-hydrogen) atoms. The molecule has 0 bridgehead atoms. The van der Waals surface area contributed by atoms with E-state index in [0.717, 1.165) is 18.7 Å². The van der Waals surface area contributed by atoms with E-state index in [2.05, 4.69) is 20.5 Å². The first kappa shape index (κ1) is 23.1. The number of halogens is 1. The molecule has 1 unspecified atom stereocenters. The van der Waals surface area contributed by atoms with Gasteiger partial charge < -0.3 is 25.0 Å². The van der Waals surface area contributed by atoms with Crippen LogP contribution in [-0.2, 0) is 14.3 Å². The molecule has 1 heterocycles. The van der Waals surface area contributed by atoms with Crippen LogP contribution in [0.1, 0.15) is 11.6 Å². The number of rotatable bonds is 9. The van der Waals surface area contributed by atoms with Crippen molar-refractivity contribution in [3.8, 4) is 0 Å². The van der Waals surface area contributed by atoms with Crippen molar-refractivity contribution in [2.75, 3.05) is 73.7 Å². The van der Waals surface area contributed by atoms with E-state index in [1.54, 1.807) is 21.2 Å². The molecule has 162 valence electrons. The van der Waals surface area contributed by atoms with E-state index in [9.17, 15) is 9.18 Å². The standard InChI is InChI=1S/C20H32FN5O3/c1-25(2)19(27)15-24-20(22-8-11-28-3)23-14-18(26-9-12-29-13-10-26)16-4-6-17(21)7-5-16/h4-7,18H,8-15H2,1-3H3,(H2,22,23,24). The molecular formula is C20H32FN5O3. The number of aliphatic imine (C=N–C) groups is 1. The summed E-state index contributed by atoms with van der Waals surface area (Å²) in [7, 11) is 5.03. The minimum Gasteiger partial charge on any atom is -0.383 e. The number of hydrogen-bond acceptors (Lipinski definition) is 5. The van der Waals surface area contributed by atoms with Gasteiger partial charge in [0.15, 0.2) is 5.96 Å². The molecule has 0 radical (unpaired) electrons. The SMILES string of the molecule is COCCNC(=NCC(=O)N(C)C)NCC(c1ccc(F)cc1)N1CCOCC1. The van der Waals surface area contributed by atoms with Crippen molar-refractivity contribution in [3.63, 3.8) is 0 Å². The van der Waals surface area contributed by atoms with Crippen molar-refractivity contribution in [1.29, 1.82) is 0 Å². The molecule has 1 aromatic rings. The molecular weight excluding hydrogens is 377 g/mol. The normalized spacial score (nSPS) is 16.3. The molecule has 1 aromatic carbocycles. The molecule has 1 fully saturated rings. The van der Waals surface area contributed by atoms with Crippen LogP contribution in [-0.4, -0.2) is 95.4 Å². The minimum atomic E-state index is -0.256. The Bertz CT molecular complexity index is 648. The molecule has 2 N–H and O–H groups in total. The van der Waals surface area contributed by atoms with Crippen molar-refractivity contribution in [2.24, 2.45) is 4.99 Å². The first-order valence-corrected chi connectivity index (χ1v) is 9.79. The lowest BCUT2D eigenvalue weighted by Crippen LogP contribution is -2.47. The van der Waals surface area contributed by atoms with Crippen molar-refractivity contribution in [1.82, 2.24) is 20.4 Å². The van der Waals surface area contributed by atoms with Crippen molar-refractivity contribution in [2.45, 2.75) is 6.04 Å². The first-order valence-electron chi connectivity index (χ1n) is 9.79. The number of morpholine rings is 1. The third-order valence-electron chi connectivity index (χ3n) is 4.67. The summed E-state index contributed by atoms with van der Waals surface area (Å²) in [5.74, 6) is 0.201. The summed E-state index contributed by atoms with van der Waals surface area (Å²) in [6.07, 6.45) is 0. The van der Waals surface area contributed by atoms with Gasteiger partial charge in [-0.2, -0.15) is 0 Å². The molecule has 1 aliphatic rings. The fraction of sp³-hybridized carbons (Fsp3) is 0.600. The minimum absolute atomic E-state index is 0.0264. The second-order valence-electron chi connectivity index (χ2n) is 6.97. The van der Waals surface area contributed by atoms with Crippen molar-refractivity contribution in [3.05, 3.63) is 35.6 Å². The van der Waals surface area contributed by atoms with Crippen LogP contribution in [0.2, 0.25) is 0 Å². The molecule has 2 rings (SSSR count). The zero-order chi connectivity index (χ0) is 21.1. The van der Waals surface area contributed by atoms with Crippen LogP contribution in [0.15, 0.2) is 29.3 Å². The van der Waals surface area contributed by atoms with Crippen molar-refractivity contribution >= 4 is 11.9 Å². The number of hydrogen-bond donors (Lipinski definition) is 2. The molecule has 0 saturated carbocycles. The topological polar surface area (TPSA) is 78.4 Å². The lowest BCUT2D eigenvalue weighted by atomic mass is 10.0. The highest BCUT2D eigenvalue weighted by Crippen LogP contribution is 2.21. The molecule has 0 aromatic heterocycles. The highest BCUT2D eigenvalue weighted by atomic mass is 19.1. The molecule has 8 nitrogen and oxygen atoms in total. The van der Waals surface area contributed by atoms with E-state index < -0.39 is 0 Å². The van der Waals surface area contributed by atoms with Crippen LogP contribution in [0.4, 0.5) is 4.39 Å². The van der Waals surface area contributed by atoms with Gasteiger partial charge in [0.05, 0.1) is 25.9 Å². The Hall–Kier alpha value is -2.23. The van der Waals surface area contributed by atoms with Crippen LogP contribution >= 0.6 is 0 Å². The second-order valence-corrected chi connectivity index (χ2v) is 6.97. The lowest BCUT2D eigenvalue weighted by Gasteiger charge is -2.35. The number of methoxy groups -OCH3 is 1. The summed E-state index contributed by atoms with van der Waals surface area (Å²) in [5.41, 5.74) is 1.02. The molecule has 1 amide bonds. The van der Waals surface area contributed by atoms with Crippen LogP contribution in [0, 0.1) is 5.82 Å². The van der Waals surface area contributed by atoms with Gasteiger partial charge in [-0.05, 0) is 17.7 Å². The Kier molecular flexibility index (Phi) is 9.82. The number of benzene rings is 1. The Balaban J connectivity index is 2.09. The average molecular weight is 410 g/mol. The number of nitrogens with one attached hydrogen (secondary N) is 2. The molecule has 9 heteroatoms. The van der Waals surface area contributed by atoms with Gasteiger partial charge in [0.2, 0.25) is 5.91 Å². The Morgan fingerprint density at radius 3 is 2.59 bits per heavy atom. The Morgan fingerprint density at radius 1 is 1.28 bits per heavy atom. The van der Waals surface area contributed by atoms with E-state index >= 15 is 0 Å². The van der Waals surface area contributed by atoms with E-state index in [-0.39, 0.29) is 24.3 Å². The van der Waals surface area contributed by atoms with Crippen LogP contribution in [0.5, 0.6) is 0 Å². The van der Waals surface area contributed by atoms with Gasteiger partial charge >= 0.3 is 0 Å². The highest BCUT2D eigenvalue weighted by Gasteiger charge is 2.23.